The summed E-state index contributed by atoms with van der Waals surface area (Å²) in [5.41, 5.74) is 0. The summed E-state index contributed by atoms with van der Waals surface area (Å²) in [4.78, 5) is 0. The Hall–Kier alpha value is 0.260. The van der Waals surface area contributed by atoms with Crippen LogP contribution in [-0.4, -0.2) is 24.5 Å². The van der Waals surface area contributed by atoms with Crippen molar-refractivity contribution in [3.63, 3.8) is 0 Å². The van der Waals surface area contributed by atoms with Crippen molar-refractivity contribution in [3.8, 4) is 0 Å². The van der Waals surface area contributed by atoms with E-state index in [4.69, 9.17) is 0 Å². The Balaban J connectivity index is 3.05. The standard InChI is InChI=1S/C11H24O3S2/c12-16(13,14)11-9-7-5-3-1-2-4-6-8-10-15/h15H,1-11H2,(H,12,13,14)/p-1. The predicted molar refractivity (Wildman–Crippen MR) is 70.0 cm³/mol. The lowest BCUT2D eigenvalue weighted by Gasteiger charge is -2.05. The van der Waals surface area contributed by atoms with Crippen molar-refractivity contribution in [3.05, 3.63) is 0 Å². The lowest BCUT2D eigenvalue weighted by molar-refractivity contribution is 0.459. The minimum absolute atomic E-state index is 0.199. The molecule has 0 bridgehead atoms. The highest BCUT2D eigenvalue weighted by Gasteiger charge is 1.96. The van der Waals surface area contributed by atoms with Crippen LogP contribution in [0.5, 0.6) is 0 Å². The molecule has 0 aromatic carbocycles. The lowest BCUT2D eigenvalue weighted by Crippen LogP contribution is -2.03. The molecule has 3 nitrogen and oxygen atoms in total. The van der Waals surface area contributed by atoms with E-state index in [0.717, 1.165) is 25.0 Å². The molecule has 0 aromatic rings. The Labute approximate surface area is 105 Å². The van der Waals surface area contributed by atoms with Gasteiger partial charge in [-0.05, 0) is 18.6 Å². The van der Waals surface area contributed by atoms with Gasteiger partial charge in [0.1, 0.15) is 0 Å². The van der Waals surface area contributed by atoms with E-state index in [1.165, 1.54) is 32.1 Å². The maximum Gasteiger partial charge on any atom is 0.0945 e. The minimum atomic E-state index is -3.99. The van der Waals surface area contributed by atoms with Crippen LogP contribution in [0.15, 0.2) is 0 Å². The highest BCUT2D eigenvalue weighted by molar-refractivity contribution is 7.85. The van der Waals surface area contributed by atoms with E-state index >= 15 is 0 Å². The molecule has 0 saturated heterocycles. The molecule has 5 heteroatoms. The zero-order chi connectivity index (χ0) is 12.3. The third-order valence-corrected chi connectivity index (χ3v) is 3.66. The number of hydrogen-bond donors (Lipinski definition) is 1. The lowest BCUT2D eigenvalue weighted by atomic mass is 10.1. The van der Waals surface area contributed by atoms with Gasteiger partial charge in [-0.3, -0.25) is 0 Å². The normalized spacial score (nSPS) is 11.9. The second-order valence-electron chi connectivity index (χ2n) is 4.17. The van der Waals surface area contributed by atoms with Crippen LogP contribution in [0.2, 0.25) is 0 Å². The van der Waals surface area contributed by atoms with Crippen LogP contribution in [0.3, 0.4) is 0 Å². The molecule has 0 aliphatic heterocycles. The first-order valence-corrected chi connectivity index (χ1v) is 8.31. The molecule has 0 unspecified atom stereocenters. The van der Waals surface area contributed by atoms with Gasteiger partial charge in [0.15, 0.2) is 0 Å². The number of hydrogen-bond acceptors (Lipinski definition) is 4. The third kappa shape index (κ3) is 14.3. The number of unbranched alkanes of at least 4 members (excludes halogenated alkanes) is 8. The first-order valence-electron chi connectivity index (χ1n) is 6.10. The molecule has 0 aliphatic carbocycles. The zero-order valence-corrected chi connectivity index (χ0v) is 11.6. The molecule has 0 amide bonds. The van der Waals surface area contributed by atoms with Gasteiger partial charge in [-0.15, -0.1) is 0 Å². The van der Waals surface area contributed by atoms with Crippen LogP contribution < -0.4 is 0 Å². The third-order valence-electron chi connectivity index (χ3n) is 2.55. The second-order valence-corrected chi connectivity index (χ2v) is 6.14. The first-order chi connectivity index (χ1) is 7.56. The fourth-order valence-corrected chi connectivity index (χ4v) is 2.41. The average Bonchev–Trinajstić information content (AvgIpc) is 2.19. The molecule has 0 N–H and O–H groups in total. The molecular formula is C11H23O3S2-. The van der Waals surface area contributed by atoms with Gasteiger partial charge in [0.05, 0.1) is 10.1 Å². The number of thiol groups is 1. The highest BCUT2D eigenvalue weighted by Crippen LogP contribution is 2.10. The molecule has 0 atom stereocenters. The average molecular weight is 267 g/mol. The van der Waals surface area contributed by atoms with Crippen LogP contribution in [0.4, 0.5) is 0 Å². The van der Waals surface area contributed by atoms with Gasteiger partial charge in [-0.1, -0.05) is 44.9 Å². The summed E-state index contributed by atoms with van der Waals surface area (Å²) in [5, 5.41) is 0. The predicted octanol–water partition coefficient (Wildman–Crippen LogP) is 2.97. The van der Waals surface area contributed by atoms with E-state index in [1.807, 2.05) is 0 Å². The summed E-state index contributed by atoms with van der Waals surface area (Å²) in [6.07, 6.45) is 9.79. The highest BCUT2D eigenvalue weighted by atomic mass is 32.2. The van der Waals surface area contributed by atoms with E-state index in [9.17, 15) is 13.0 Å². The molecular weight excluding hydrogens is 244 g/mol. The van der Waals surface area contributed by atoms with Crippen LogP contribution in [0.25, 0.3) is 0 Å². The molecule has 0 fully saturated rings. The van der Waals surface area contributed by atoms with Gasteiger partial charge in [-0.25, -0.2) is 8.42 Å². The van der Waals surface area contributed by atoms with Crippen molar-refractivity contribution in [2.75, 3.05) is 11.5 Å². The molecule has 0 spiro atoms. The Morgan fingerprint density at radius 2 is 1.12 bits per heavy atom. The van der Waals surface area contributed by atoms with Crippen LogP contribution in [0, 0.1) is 0 Å². The van der Waals surface area contributed by atoms with Gasteiger partial charge in [0.25, 0.3) is 0 Å². The smallest absolute Gasteiger partial charge is 0.0945 e. The van der Waals surface area contributed by atoms with Crippen molar-refractivity contribution in [2.24, 2.45) is 0 Å². The Kier molecular flexibility index (Phi) is 10.6. The van der Waals surface area contributed by atoms with E-state index in [2.05, 4.69) is 12.6 Å². The van der Waals surface area contributed by atoms with Crippen LogP contribution in [0.1, 0.15) is 57.8 Å². The molecule has 98 valence electrons. The van der Waals surface area contributed by atoms with Crippen molar-refractivity contribution in [2.45, 2.75) is 57.8 Å². The Bertz CT molecular complexity index is 238. The molecule has 0 radical (unpaired) electrons. The molecule has 0 heterocycles. The summed E-state index contributed by atoms with van der Waals surface area (Å²) in [5.74, 6) is 0.776. The summed E-state index contributed by atoms with van der Waals surface area (Å²) in [6.45, 7) is 0. The van der Waals surface area contributed by atoms with Gasteiger partial charge in [0.2, 0.25) is 0 Å². The molecule has 0 rings (SSSR count). The summed E-state index contributed by atoms with van der Waals surface area (Å²) < 4.78 is 30.9. The largest absolute Gasteiger partial charge is 0.748 e. The van der Waals surface area contributed by atoms with Gasteiger partial charge < -0.3 is 4.55 Å². The summed E-state index contributed by atoms with van der Waals surface area (Å²) in [7, 11) is -3.99. The Morgan fingerprint density at radius 1 is 0.750 bits per heavy atom. The van der Waals surface area contributed by atoms with Gasteiger partial charge >= 0.3 is 0 Å². The molecule has 0 aliphatic rings. The van der Waals surface area contributed by atoms with Gasteiger partial charge in [0, 0.05) is 5.75 Å². The van der Waals surface area contributed by atoms with Crippen molar-refractivity contribution in [1.29, 1.82) is 0 Å². The van der Waals surface area contributed by atoms with E-state index in [1.54, 1.807) is 0 Å². The molecule has 0 aromatic heterocycles. The minimum Gasteiger partial charge on any atom is -0.748 e. The molecule has 0 saturated carbocycles. The maximum absolute atomic E-state index is 10.3. The summed E-state index contributed by atoms with van der Waals surface area (Å²) in [6, 6.07) is 0. The quantitative estimate of drug-likeness (QED) is 0.356. The maximum atomic E-state index is 10.3. The van der Waals surface area contributed by atoms with Crippen molar-refractivity contribution >= 4 is 22.7 Å². The van der Waals surface area contributed by atoms with Crippen LogP contribution >= 0.6 is 12.6 Å². The van der Waals surface area contributed by atoms with Crippen LogP contribution in [-0.2, 0) is 10.1 Å². The van der Waals surface area contributed by atoms with Crippen molar-refractivity contribution < 1.29 is 13.0 Å². The summed E-state index contributed by atoms with van der Waals surface area (Å²) >= 11 is 4.15. The SMILES string of the molecule is O=S(=O)([O-])CCCCCCCCCCCS. The monoisotopic (exact) mass is 267 g/mol. The van der Waals surface area contributed by atoms with E-state index in [-0.39, 0.29) is 5.75 Å². The van der Waals surface area contributed by atoms with Crippen molar-refractivity contribution in [1.82, 2.24) is 0 Å². The fraction of sp³-hybridized carbons (Fsp3) is 1.00. The zero-order valence-electron chi connectivity index (χ0n) is 9.86. The topological polar surface area (TPSA) is 57.2 Å². The van der Waals surface area contributed by atoms with Gasteiger partial charge in [-0.2, -0.15) is 12.6 Å². The first kappa shape index (κ1) is 16.3. The van der Waals surface area contributed by atoms with E-state index in [0.29, 0.717) is 6.42 Å². The Morgan fingerprint density at radius 3 is 1.50 bits per heavy atom. The van der Waals surface area contributed by atoms with E-state index < -0.39 is 10.1 Å². The second kappa shape index (κ2) is 10.4. The fourth-order valence-electron chi connectivity index (χ4n) is 1.63. The molecule has 16 heavy (non-hydrogen) atoms. The number of rotatable bonds is 11.